The number of hydrogen-bond acceptors (Lipinski definition) is 3. The summed E-state index contributed by atoms with van der Waals surface area (Å²) in [6.07, 6.45) is 0. The molecule has 0 radical (unpaired) electrons. The smallest absolute Gasteiger partial charge is 0.237 e. The summed E-state index contributed by atoms with van der Waals surface area (Å²) < 4.78 is 1.07. The van der Waals surface area contributed by atoms with Crippen molar-refractivity contribution in [3.8, 4) is 0 Å². The Labute approximate surface area is 110 Å². The summed E-state index contributed by atoms with van der Waals surface area (Å²) in [4.78, 5) is 13.4. The molecule has 0 aliphatic carbocycles. The summed E-state index contributed by atoms with van der Waals surface area (Å²) >= 11 is 3.44. The van der Waals surface area contributed by atoms with E-state index in [1.165, 1.54) is 5.56 Å². The van der Waals surface area contributed by atoms with E-state index in [-0.39, 0.29) is 11.8 Å². The van der Waals surface area contributed by atoms with E-state index in [9.17, 15) is 4.79 Å². The molecule has 0 bridgehead atoms. The number of carbonyl (C=O) groups is 1. The van der Waals surface area contributed by atoms with Crippen LogP contribution in [0.3, 0.4) is 0 Å². The molecular weight excluding hydrogens is 282 g/mol. The van der Waals surface area contributed by atoms with Crippen LogP contribution in [0.1, 0.15) is 12.5 Å². The van der Waals surface area contributed by atoms with E-state index in [4.69, 9.17) is 5.84 Å². The number of hydrazine groups is 1. The van der Waals surface area contributed by atoms with Gasteiger partial charge in [0, 0.05) is 23.5 Å². The molecule has 0 aliphatic rings. The van der Waals surface area contributed by atoms with Crippen molar-refractivity contribution >= 4 is 21.8 Å². The zero-order valence-corrected chi connectivity index (χ0v) is 11.7. The van der Waals surface area contributed by atoms with Gasteiger partial charge in [-0.1, -0.05) is 35.0 Å². The molecule has 1 aromatic rings. The summed E-state index contributed by atoms with van der Waals surface area (Å²) in [6, 6.07) is 8.14. The maximum absolute atomic E-state index is 11.3. The SMILES string of the molecule is CC(CN(C)Cc1cccc(Br)c1)C(=O)NN. The van der Waals surface area contributed by atoms with Crippen molar-refractivity contribution in [1.82, 2.24) is 10.3 Å². The lowest BCUT2D eigenvalue weighted by molar-refractivity contribution is -0.125. The molecule has 0 heterocycles. The summed E-state index contributed by atoms with van der Waals surface area (Å²) in [5.41, 5.74) is 3.38. The van der Waals surface area contributed by atoms with Gasteiger partial charge in [-0.2, -0.15) is 0 Å². The van der Waals surface area contributed by atoms with Gasteiger partial charge in [0.05, 0.1) is 0 Å². The minimum atomic E-state index is -0.133. The molecule has 5 heteroatoms. The highest BCUT2D eigenvalue weighted by atomic mass is 79.9. The summed E-state index contributed by atoms with van der Waals surface area (Å²) in [7, 11) is 1.99. The lowest BCUT2D eigenvalue weighted by Gasteiger charge is -2.20. The fraction of sp³-hybridized carbons (Fsp3) is 0.417. The Balaban J connectivity index is 2.49. The molecular formula is C12H18BrN3O. The number of rotatable bonds is 5. The van der Waals surface area contributed by atoms with E-state index >= 15 is 0 Å². The molecule has 0 saturated carbocycles. The lowest BCUT2D eigenvalue weighted by Crippen LogP contribution is -2.39. The third kappa shape index (κ3) is 4.85. The van der Waals surface area contributed by atoms with Crippen molar-refractivity contribution in [3.05, 3.63) is 34.3 Å². The second kappa shape index (κ2) is 6.74. The first kappa shape index (κ1) is 14.2. The van der Waals surface area contributed by atoms with Crippen molar-refractivity contribution in [1.29, 1.82) is 0 Å². The van der Waals surface area contributed by atoms with Crippen LogP contribution in [0.5, 0.6) is 0 Å². The molecule has 1 atom stereocenters. The molecule has 1 unspecified atom stereocenters. The highest BCUT2D eigenvalue weighted by Crippen LogP contribution is 2.13. The van der Waals surface area contributed by atoms with Gasteiger partial charge in [0.15, 0.2) is 0 Å². The van der Waals surface area contributed by atoms with Gasteiger partial charge < -0.3 is 4.90 Å². The van der Waals surface area contributed by atoms with Crippen LogP contribution in [0, 0.1) is 5.92 Å². The Bertz CT molecular complexity index is 384. The average molecular weight is 300 g/mol. The first-order chi connectivity index (χ1) is 8.02. The number of benzene rings is 1. The Morgan fingerprint density at radius 3 is 2.88 bits per heavy atom. The van der Waals surface area contributed by atoms with Gasteiger partial charge in [-0.3, -0.25) is 10.2 Å². The van der Waals surface area contributed by atoms with Gasteiger partial charge in [0.2, 0.25) is 5.91 Å². The van der Waals surface area contributed by atoms with Gasteiger partial charge in [0.1, 0.15) is 0 Å². The standard InChI is InChI=1S/C12H18BrN3O/c1-9(12(17)15-14)7-16(2)8-10-4-3-5-11(13)6-10/h3-6,9H,7-8,14H2,1-2H3,(H,15,17). The van der Waals surface area contributed by atoms with Crippen LogP contribution in [0.25, 0.3) is 0 Å². The second-order valence-corrected chi connectivity index (χ2v) is 5.15. The van der Waals surface area contributed by atoms with Crippen LogP contribution in [-0.4, -0.2) is 24.4 Å². The van der Waals surface area contributed by atoms with Gasteiger partial charge in [0.25, 0.3) is 0 Å². The number of nitrogens with zero attached hydrogens (tertiary/aromatic N) is 1. The molecule has 0 spiro atoms. The van der Waals surface area contributed by atoms with E-state index in [1.54, 1.807) is 0 Å². The van der Waals surface area contributed by atoms with Gasteiger partial charge in [-0.25, -0.2) is 5.84 Å². The second-order valence-electron chi connectivity index (χ2n) is 4.24. The molecule has 0 aromatic heterocycles. The predicted octanol–water partition coefficient (Wildman–Crippen LogP) is 1.51. The van der Waals surface area contributed by atoms with Crippen LogP contribution in [0.15, 0.2) is 28.7 Å². The topological polar surface area (TPSA) is 58.4 Å². The van der Waals surface area contributed by atoms with Crippen LogP contribution in [0.4, 0.5) is 0 Å². The Kier molecular flexibility index (Phi) is 5.61. The first-order valence-corrected chi connectivity index (χ1v) is 6.25. The molecule has 1 rings (SSSR count). The molecule has 4 nitrogen and oxygen atoms in total. The van der Waals surface area contributed by atoms with Crippen LogP contribution < -0.4 is 11.3 Å². The zero-order chi connectivity index (χ0) is 12.8. The number of hydrogen-bond donors (Lipinski definition) is 2. The van der Waals surface area contributed by atoms with Crippen molar-refractivity contribution < 1.29 is 4.79 Å². The number of carbonyl (C=O) groups excluding carboxylic acids is 1. The Morgan fingerprint density at radius 2 is 2.29 bits per heavy atom. The van der Waals surface area contributed by atoms with E-state index in [0.29, 0.717) is 6.54 Å². The maximum Gasteiger partial charge on any atom is 0.237 e. The molecule has 94 valence electrons. The van der Waals surface area contributed by atoms with E-state index in [0.717, 1.165) is 11.0 Å². The number of amides is 1. The zero-order valence-electron chi connectivity index (χ0n) is 10.1. The van der Waals surface area contributed by atoms with Crippen LogP contribution in [-0.2, 0) is 11.3 Å². The van der Waals surface area contributed by atoms with E-state index in [1.807, 2.05) is 26.1 Å². The maximum atomic E-state index is 11.3. The average Bonchev–Trinajstić information content (AvgIpc) is 2.27. The van der Waals surface area contributed by atoms with Gasteiger partial charge >= 0.3 is 0 Å². The predicted molar refractivity (Wildman–Crippen MR) is 72.0 cm³/mol. The van der Waals surface area contributed by atoms with Crippen molar-refractivity contribution in [2.75, 3.05) is 13.6 Å². The lowest BCUT2D eigenvalue weighted by atomic mass is 10.1. The van der Waals surface area contributed by atoms with E-state index < -0.39 is 0 Å². The van der Waals surface area contributed by atoms with Crippen molar-refractivity contribution in [3.63, 3.8) is 0 Å². The molecule has 0 fully saturated rings. The quantitative estimate of drug-likeness (QED) is 0.492. The highest BCUT2D eigenvalue weighted by molar-refractivity contribution is 9.10. The molecule has 0 saturated heterocycles. The minimum absolute atomic E-state index is 0.114. The van der Waals surface area contributed by atoms with E-state index in [2.05, 4.69) is 38.4 Å². The van der Waals surface area contributed by atoms with Crippen molar-refractivity contribution in [2.24, 2.45) is 11.8 Å². The molecule has 3 N–H and O–H groups in total. The summed E-state index contributed by atoms with van der Waals surface area (Å²) in [5.74, 6) is 4.85. The third-order valence-electron chi connectivity index (χ3n) is 2.52. The normalized spacial score (nSPS) is 12.5. The molecule has 17 heavy (non-hydrogen) atoms. The van der Waals surface area contributed by atoms with Crippen molar-refractivity contribution in [2.45, 2.75) is 13.5 Å². The highest BCUT2D eigenvalue weighted by Gasteiger charge is 2.13. The molecule has 0 aliphatic heterocycles. The third-order valence-corrected chi connectivity index (χ3v) is 3.01. The molecule has 1 aromatic carbocycles. The Hall–Kier alpha value is -0.910. The monoisotopic (exact) mass is 299 g/mol. The summed E-state index contributed by atoms with van der Waals surface area (Å²) in [6.45, 7) is 3.34. The first-order valence-electron chi connectivity index (χ1n) is 5.46. The Morgan fingerprint density at radius 1 is 1.59 bits per heavy atom. The number of halogens is 1. The minimum Gasteiger partial charge on any atom is -0.301 e. The van der Waals surface area contributed by atoms with Crippen LogP contribution in [0.2, 0.25) is 0 Å². The summed E-state index contributed by atoms with van der Waals surface area (Å²) in [5, 5.41) is 0. The van der Waals surface area contributed by atoms with Gasteiger partial charge in [-0.15, -0.1) is 0 Å². The number of nitrogens with one attached hydrogen (secondary N) is 1. The van der Waals surface area contributed by atoms with Crippen LogP contribution >= 0.6 is 15.9 Å². The largest absolute Gasteiger partial charge is 0.301 e. The fourth-order valence-corrected chi connectivity index (χ4v) is 2.15. The molecule has 1 amide bonds. The van der Waals surface area contributed by atoms with Gasteiger partial charge in [-0.05, 0) is 24.7 Å². The fourth-order valence-electron chi connectivity index (χ4n) is 1.70. The number of nitrogens with two attached hydrogens (primary N) is 1.